The van der Waals surface area contributed by atoms with Crippen molar-refractivity contribution in [3.8, 4) is 11.4 Å². The highest BCUT2D eigenvalue weighted by Gasteiger charge is 2.08. The Morgan fingerprint density at radius 2 is 2.00 bits per heavy atom. The summed E-state index contributed by atoms with van der Waals surface area (Å²) in [6.45, 7) is 4.45. The van der Waals surface area contributed by atoms with E-state index in [-0.39, 0.29) is 24.4 Å². The second-order valence-corrected chi connectivity index (χ2v) is 4.72. The van der Waals surface area contributed by atoms with Crippen molar-refractivity contribution in [1.29, 1.82) is 0 Å². The number of aromatic amines is 1. The molecule has 0 saturated carbocycles. The van der Waals surface area contributed by atoms with E-state index >= 15 is 0 Å². The number of nitrogens with zero attached hydrogens (tertiary/aromatic N) is 2. The number of halogens is 1. The molecule has 1 aromatic carbocycles. The number of carbonyl (C=O) groups excluding carboxylic acids is 1. The molecule has 1 unspecified atom stereocenters. The first-order valence-electron chi connectivity index (χ1n) is 6.55. The standard InChI is InChI=1S/C14H19N5O.ClH/c1-9(15-3)8-16-14(20)12-6-4-11(5-7-12)13-17-10(2)18-19-13;/h4-7,9,15H,8H2,1-3H3,(H,16,20)(H,17,18,19);1H. The zero-order valence-corrected chi connectivity index (χ0v) is 13.1. The molecule has 0 fully saturated rings. The molecule has 3 N–H and O–H groups in total. The van der Waals surface area contributed by atoms with Gasteiger partial charge in [0.2, 0.25) is 0 Å². The Kier molecular flexibility index (Phi) is 6.33. The molecule has 0 radical (unpaired) electrons. The van der Waals surface area contributed by atoms with E-state index < -0.39 is 0 Å². The number of aromatic nitrogens is 3. The molecule has 0 spiro atoms. The molecule has 1 atom stereocenters. The van der Waals surface area contributed by atoms with Crippen LogP contribution in [0.5, 0.6) is 0 Å². The minimum absolute atomic E-state index is 0. The normalized spacial score (nSPS) is 11.6. The van der Waals surface area contributed by atoms with Crippen molar-refractivity contribution in [2.75, 3.05) is 13.6 Å². The molecular weight excluding hydrogens is 290 g/mol. The first-order valence-corrected chi connectivity index (χ1v) is 6.55. The van der Waals surface area contributed by atoms with Crippen molar-refractivity contribution < 1.29 is 4.79 Å². The predicted octanol–water partition coefficient (Wildman–Crippen LogP) is 1.54. The molecule has 2 rings (SSSR count). The summed E-state index contributed by atoms with van der Waals surface area (Å²) >= 11 is 0. The summed E-state index contributed by atoms with van der Waals surface area (Å²) in [5.41, 5.74) is 1.51. The van der Waals surface area contributed by atoms with Crippen molar-refractivity contribution in [2.24, 2.45) is 0 Å². The number of aryl methyl sites for hydroxylation is 1. The maximum Gasteiger partial charge on any atom is 0.251 e. The third kappa shape index (κ3) is 4.54. The SMILES string of the molecule is CNC(C)CNC(=O)c1ccc(-c2n[nH]c(C)n2)cc1.Cl. The topological polar surface area (TPSA) is 82.7 Å². The number of amides is 1. The molecule has 1 aromatic heterocycles. The van der Waals surface area contributed by atoms with Crippen LogP contribution < -0.4 is 10.6 Å². The van der Waals surface area contributed by atoms with E-state index in [1.807, 2.05) is 33.0 Å². The van der Waals surface area contributed by atoms with E-state index in [9.17, 15) is 4.79 Å². The van der Waals surface area contributed by atoms with E-state index in [0.717, 1.165) is 11.4 Å². The van der Waals surface area contributed by atoms with Crippen molar-refractivity contribution in [3.63, 3.8) is 0 Å². The van der Waals surface area contributed by atoms with Gasteiger partial charge in [0, 0.05) is 23.7 Å². The number of carbonyl (C=O) groups is 1. The molecule has 0 aliphatic carbocycles. The third-order valence-corrected chi connectivity index (χ3v) is 3.06. The molecule has 21 heavy (non-hydrogen) atoms. The number of nitrogens with one attached hydrogen (secondary N) is 3. The van der Waals surface area contributed by atoms with E-state index in [2.05, 4.69) is 25.8 Å². The van der Waals surface area contributed by atoms with Crippen LogP contribution in [0.25, 0.3) is 11.4 Å². The second kappa shape index (κ2) is 7.75. The van der Waals surface area contributed by atoms with Gasteiger partial charge >= 0.3 is 0 Å². The van der Waals surface area contributed by atoms with Crippen LogP contribution in [0.3, 0.4) is 0 Å². The lowest BCUT2D eigenvalue weighted by atomic mass is 10.1. The van der Waals surface area contributed by atoms with Gasteiger partial charge in [-0.05, 0) is 33.0 Å². The Morgan fingerprint density at radius 1 is 1.33 bits per heavy atom. The zero-order valence-electron chi connectivity index (χ0n) is 12.3. The fraction of sp³-hybridized carbons (Fsp3) is 0.357. The number of H-pyrrole nitrogens is 1. The van der Waals surface area contributed by atoms with E-state index in [1.165, 1.54) is 0 Å². The van der Waals surface area contributed by atoms with Crippen LogP contribution in [-0.4, -0.2) is 40.7 Å². The van der Waals surface area contributed by atoms with Gasteiger partial charge in [-0.1, -0.05) is 12.1 Å². The summed E-state index contributed by atoms with van der Waals surface area (Å²) in [6.07, 6.45) is 0. The molecule has 0 aliphatic heterocycles. The summed E-state index contributed by atoms with van der Waals surface area (Å²) in [4.78, 5) is 16.2. The molecule has 7 heteroatoms. The minimum Gasteiger partial charge on any atom is -0.350 e. The summed E-state index contributed by atoms with van der Waals surface area (Å²) in [7, 11) is 1.87. The lowest BCUT2D eigenvalue weighted by molar-refractivity contribution is 0.0950. The van der Waals surface area contributed by atoms with Crippen LogP contribution in [0, 0.1) is 6.92 Å². The molecule has 0 saturated heterocycles. The van der Waals surface area contributed by atoms with Crippen molar-refractivity contribution in [3.05, 3.63) is 35.7 Å². The highest BCUT2D eigenvalue weighted by Crippen LogP contribution is 2.15. The third-order valence-electron chi connectivity index (χ3n) is 3.06. The maximum absolute atomic E-state index is 11.9. The molecular formula is C14H20ClN5O. The van der Waals surface area contributed by atoms with E-state index in [4.69, 9.17) is 0 Å². The molecule has 6 nitrogen and oxygen atoms in total. The molecule has 2 aromatic rings. The first-order chi connectivity index (χ1) is 9.60. The summed E-state index contributed by atoms with van der Waals surface area (Å²) in [5.74, 6) is 1.32. The number of benzene rings is 1. The van der Waals surface area contributed by atoms with Crippen LogP contribution >= 0.6 is 12.4 Å². The fourth-order valence-corrected chi connectivity index (χ4v) is 1.69. The average molecular weight is 310 g/mol. The quantitative estimate of drug-likeness (QED) is 0.782. The highest BCUT2D eigenvalue weighted by atomic mass is 35.5. The Balaban J connectivity index is 0.00000220. The van der Waals surface area contributed by atoms with Gasteiger partial charge in [-0.15, -0.1) is 12.4 Å². The monoisotopic (exact) mass is 309 g/mol. The largest absolute Gasteiger partial charge is 0.350 e. The van der Waals surface area contributed by atoms with Crippen LogP contribution in [-0.2, 0) is 0 Å². The van der Waals surface area contributed by atoms with E-state index in [0.29, 0.717) is 17.9 Å². The maximum atomic E-state index is 11.9. The van der Waals surface area contributed by atoms with Gasteiger partial charge in [0.1, 0.15) is 5.82 Å². The van der Waals surface area contributed by atoms with Gasteiger partial charge in [0.15, 0.2) is 5.82 Å². The fourth-order valence-electron chi connectivity index (χ4n) is 1.69. The lowest BCUT2D eigenvalue weighted by Crippen LogP contribution is -2.37. The van der Waals surface area contributed by atoms with Gasteiger partial charge in [-0.25, -0.2) is 4.98 Å². The molecule has 1 heterocycles. The molecule has 0 bridgehead atoms. The predicted molar refractivity (Wildman–Crippen MR) is 84.7 cm³/mol. The van der Waals surface area contributed by atoms with Crippen molar-refractivity contribution >= 4 is 18.3 Å². The van der Waals surface area contributed by atoms with Crippen LogP contribution in [0.2, 0.25) is 0 Å². The minimum atomic E-state index is -0.0789. The highest BCUT2D eigenvalue weighted by molar-refractivity contribution is 5.94. The van der Waals surface area contributed by atoms with Gasteiger partial charge in [0.05, 0.1) is 0 Å². The lowest BCUT2D eigenvalue weighted by Gasteiger charge is -2.11. The van der Waals surface area contributed by atoms with E-state index in [1.54, 1.807) is 12.1 Å². The number of likely N-dealkylation sites (N-methyl/N-ethyl adjacent to an activating group) is 1. The number of hydrogen-bond donors (Lipinski definition) is 3. The van der Waals surface area contributed by atoms with Crippen LogP contribution in [0.4, 0.5) is 0 Å². The Labute approximate surface area is 130 Å². The van der Waals surface area contributed by atoms with Gasteiger partial charge in [-0.3, -0.25) is 9.89 Å². The second-order valence-electron chi connectivity index (χ2n) is 4.72. The average Bonchev–Trinajstić information content (AvgIpc) is 2.91. The van der Waals surface area contributed by atoms with Crippen molar-refractivity contribution in [1.82, 2.24) is 25.8 Å². The van der Waals surface area contributed by atoms with Crippen LogP contribution in [0.15, 0.2) is 24.3 Å². The Bertz CT molecular complexity index is 581. The van der Waals surface area contributed by atoms with Crippen molar-refractivity contribution in [2.45, 2.75) is 19.9 Å². The van der Waals surface area contributed by atoms with Gasteiger partial charge in [-0.2, -0.15) is 5.10 Å². The summed E-state index contributed by atoms with van der Waals surface area (Å²) in [5, 5.41) is 12.8. The Hall–Kier alpha value is -1.92. The molecule has 0 aliphatic rings. The Morgan fingerprint density at radius 3 is 2.52 bits per heavy atom. The number of hydrogen-bond acceptors (Lipinski definition) is 4. The first kappa shape index (κ1) is 17.1. The number of rotatable bonds is 5. The molecule has 114 valence electrons. The molecule has 1 amide bonds. The summed E-state index contributed by atoms with van der Waals surface area (Å²) in [6, 6.07) is 7.49. The summed E-state index contributed by atoms with van der Waals surface area (Å²) < 4.78 is 0. The zero-order chi connectivity index (χ0) is 14.5. The van der Waals surface area contributed by atoms with Gasteiger partial charge < -0.3 is 10.6 Å². The van der Waals surface area contributed by atoms with Gasteiger partial charge in [0.25, 0.3) is 5.91 Å². The smallest absolute Gasteiger partial charge is 0.251 e. The van der Waals surface area contributed by atoms with Crippen LogP contribution in [0.1, 0.15) is 23.1 Å².